The Hall–Kier alpha value is -0.120. The number of unbranched alkanes of at least 4 members (excludes halogenated alkanes) is 1. The molecule has 2 atom stereocenters. The highest BCUT2D eigenvalue weighted by molar-refractivity contribution is 4.93. The fraction of sp³-hybridized carbons (Fsp3) is 1.00. The lowest BCUT2D eigenvalue weighted by molar-refractivity contribution is 0.0225. The van der Waals surface area contributed by atoms with Gasteiger partial charge in [0, 0.05) is 37.8 Å². The van der Waals surface area contributed by atoms with Crippen molar-refractivity contribution in [1.29, 1.82) is 0 Å². The summed E-state index contributed by atoms with van der Waals surface area (Å²) in [6.07, 6.45) is 6.27. The second kappa shape index (κ2) is 6.17. The Balaban J connectivity index is 1.91. The number of nitrogens with zero attached hydrogens (tertiary/aromatic N) is 2. The van der Waals surface area contributed by atoms with E-state index in [0.29, 0.717) is 12.6 Å². The molecule has 17 heavy (non-hydrogen) atoms. The molecule has 0 spiro atoms. The Morgan fingerprint density at radius 3 is 2.59 bits per heavy atom. The minimum absolute atomic E-state index is 0.347. The van der Waals surface area contributed by atoms with Crippen LogP contribution in [0.15, 0.2) is 0 Å². The molecular weight excluding hydrogens is 212 g/mol. The lowest BCUT2D eigenvalue weighted by atomic mass is 10.1. The molecule has 3 heteroatoms. The molecule has 0 aliphatic carbocycles. The van der Waals surface area contributed by atoms with Crippen molar-refractivity contribution in [1.82, 2.24) is 9.80 Å². The Bertz CT molecular complexity index is 232. The first kappa shape index (κ1) is 13.3. The van der Waals surface area contributed by atoms with Crippen LogP contribution in [0, 0.1) is 0 Å². The summed E-state index contributed by atoms with van der Waals surface area (Å²) in [5.41, 5.74) is 0. The topological polar surface area (TPSA) is 26.7 Å². The maximum absolute atomic E-state index is 8.87. The van der Waals surface area contributed by atoms with Gasteiger partial charge in [0.2, 0.25) is 0 Å². The Labute approximate surface area is 106 Å². The molecule has 0 aromatic carbocycles. The second-order valence-corrected chi connectivity index (χ2v) is 5.95. The van der Waals surface area contributed by atoms with Gasteiger partial charge in [-0.25, -0.2) is 0 Å². The molecular formula is C14H28N2O. The fourth-order valence-electron chi connectivity index (χ4n) is 3.49. The Morgan fingerprint density at radius 2 is 1.88 bits per heavy atom. The first-order chi connectivity index (χ1) is 8.22. The van der Waals surface area contributed by atoms with Crippen LogP contribution in [0.25, 0.3) is 0 Å². The molecule has 3 rings (SSSR count). The summed E-state index contributed by atoms with van der Waals surface area (Å²) in [6.45, 7) is 8.72. The van der Waals surface area contributed by atoms with Gasteiger partial charge >= 0.3 is 0 Å². The van der Waals surface area contributed by atoms with E-state index in [1.807, 2.05) is 0 Å². The summed E-state index contributed by atoms with van der Waals surface area (Å²) in [5.74, 6) is 0. The van der Waals surface area contributed by atoms with E-state index in [4.69, 9.17) is 5.11 Å². The largest absolute Gasteiger partial charge is 0.396 e. The quantitative estimate of drug-likeness (QED) is 0.741. The maximum Gasteiger partial charge on any atom is 0.0431 e. The van der Waals surface area contributed by atoms with Gasteiger partial charge in [-0.15, -0.1) is 0 Å². The molecule has 0 aromatic heterocycles. The molecule has 0 aromatic rings. The van der Waals surface area contributed by atoms with Gasteiger partial charge in [-0.2, -0.15) is 0 Å². The van der Waals surface area contributed by atoms with Gasteiger partial charge < -0.3 is 5.11 Å². The second-order valence-electron chi connectivity index (χ2n) is 5.95. The molecule has 2 bridgehead atoms. The average Bonchev–Trinajstić information content (AvgIpc) is 2.62. The van der Waals surface area contributed by atoms with Crippen molar-refractivity contribution >= 4 is 0 Å². The van der Waals surface area contributed by atoms with Gasteiger partial charge in [0.1, 0.15) is 0 Å². The van der Waals surface area contributed by atoms with E-state index in [-0.39, 0.29) is 0 Å². The van der Waals surface area contributed by atoms with Crippen molar-refractivity contribution in [2.45, 2.75) is 64.1 Å². The average molecular weight is 240 g/mol. The van der Waals surface area contributed by atoms with Crippen LogP contribution in [0.3, 0.4) is 0 Å². The van der Waals surface area contributed by atoms with Gasteiger partial charge in [-0.3, -0.25) is 9.80 Å². The summed E-state index contributed by atoms with van der Waals surface area (Å²) in [4.78, 5) is 5.40. The third kappa shape index (κ3) is 3.21. The van der Waals surface area contributed by atoms with Crippen LogP contribution in [0.5, 0.6) is 0 Å². The summed E-state index contributed by atoms with van der Waals surface area (Å²) in [5, 5.41) is 8.87. The summed E-state index contributed by atoms with van der Waals surface area (Å²) >= 11 is 0. The molecule has 0 radical (unpaired) electrons. The molecule has 3 nitrogen and oxygen atoms in total. The zero-order chi connectivity index (χ0) is 12.3. The van der Waals surface area contributed by atoms with Crippen LogP contribution in [-0.4, -0.2) is 59.3 Å². The molecule has 3 fully saturated rings. The first-order valence-corrected chi connectivity index (χ1v) is 7.33. The Kier molecular flexibility index (Phi) is 4.83. The van der Waals surface area contributed by atoms with Crippen LogP contribution in [-0.2, 0) is 0 Å². The monoisotopic (exact) mass is 240 g/mol. The molecule has 1 N–H and O–H groups in total. The Morgan fingerprint density at radius 1 is 1.12 bits per heavy atom. The van der Waals surface area contributed by atoms with Crippen molar-refractivity contribution in [3.8, 4) is 0 Å². The minimum Gasteiger partial charge on any atom is -0.396 e. The van der Waals surface area contributed by atoms with E-state index in [1.54, 1.807) is 0 Å². The highest BCUT2D eigenvalue weighted by Gasteiger charge is 2.36. The van der Waals surface area contributed by atoms with Crippen molar-refractivity contribution < 1.29 is 5.11 Å². The molecule has 100 valence electrons. The van der Waals surface area contributed by atoms with E-state index >= 15 is 0 Å². The number of piperazine rings is 1. The zero-order valence-electron chi connectivity index (χ0n) is 11.4. The number of hydrogen-bond donors (Lipinski definition) is 1. The number of fused-ring (bicyclic) bond motifs is 4. The predicted octanol–water partition coefficient (Wildman–Crippen LogP) is 1.71. The minimum atomic E-state index is 0.347. The lowest BCUT2D eigenvalue weighted by Gasteiger charge is -2.46. The number of hydrogen-bond acceptors (Lipinski definition) is 3. The third-order valence-corrected chi connectivity index (χ3v) is 4.44. The summed E-state index contributed by atoms with van der Waals surface area (Å²) in [7, 11) is 0. The van der Waals surface area contributed by atoms with Gasteiger partial charge in [0.05, 0.1) is 0 Å². The van der Waals surface area contributed by atoms with Crippen molar-refractivity contribution in [2.24, 2.45) is 0 Å². The highest BCUT2D eigenvalue weighted by atomic mass is 16.2. The smallest absolute Gasteiger partial charge is 0.0431 e. The van der Waals surface area contributed by atoms with Crippen LogP contribution in [0.2, 0.25) is 0 Å². The van der Waals surface area contributed by atoms with Gasteiger partial charge in [-0.1, -0.05) is 6.42 Å². The van der Waals surface area contributed by atoms with Gasteiger partial charge in [0.25, 0.3) is 0 Å². The van der Waals surface area contributed by atoms with Crippen LogP contribution < -0.4 is 0 Å². The normalized spacial score (nSPS) is 31.1. The van der Waals surface area contributed by atoms with Crippen molar-refractivity contribution in [3.05, 3.63) is 0 Å². The van der Waals surface area contributed by atoms with Gasteiger partial charge in [0.15, 0.2) is 0 Å². The number of rotatable bonds is 5. The summed E-state index contributed by atoms with van der Waals surface area (Å²) in [6, 6.07) is 2.25. The van der Waals surface area contributed by atoms with Crippen LogP contribution >= 0.6 is 0 Å². The van der Waals surface area contributed by atoms with E-state index in [0.717, 1.165) is 24.9 Å². The SMILES string of the molecule is CC(C)N1CC2CCCC1CN2CCCCO. The first-order valence-electron chi connectivity index (χ1n) is 7.33. The predicted molar refractivity (Wildman–Crippen MR) is 71.2 cm³/mol. The maximum atomic E-state index is 8.87. The number of aliphatic hydroxyl groups excluding tert-OH is 1. The van der Waals surface area contributed by atoms with Crippen LogP contribution in [0.1, 0.15) is 46.0 Å². The third-order valence-electron chi connectivity index (χ3n) is 4.44. The van der Waals surface area contributed by atoms with Crippen molar-refractivity contribution in [2.75, 3.05) is 26.2 Å². The van der Waals surface area contributed by atoms with E-state index in [2.05, 4.69) is 23.6 Å². The molecule has 3 heterocycles. The standard InChI is InChI=1S/C14H28N2O/c1-12(2)16-11-13-6-5-7-14(16)10-15(13)8-3-4-9-17/h12-14,17H,3-11H2,1-2H3. The van der Waals surface area contributed by atoms with Crippen molar-refractivity contribution in [3.63, 3.8) is 0 Å². The molecule has 2 unspecified atom stereocenters. The molecule has 3 aliphatic rings. The highest BCUT2D eigenvalue weighted by Crippen LogP contribution is 2.29. The van der Waals surface area contributed by atoms with E-state index < -0.39 is 0 Å². The fourth-order valence-corrected chi connectivity index (χ4v) is 3.49. The lowest BCUT2D eigenvalue weighted by Crippen LogP contribution is -2.58. The van der Waals surface area contributed by atoms with E-state index in [1.165, 1.54) is 38.9 Å². The van der Waals surface area contributed by atoms with Crippen LogP contribution in [0.4, 0.5) is 0 Å². The van der Waals surface area contributed by atoms with Gasteiger partial charge in [-0.05, 0) is 46.1 Å². The zero-order valence-corrected chi connectivity index (χ0v) is 11.4. The van der Waals surface area contributed by atoms with E-state index in [9.17, 15) is 0 Å². The number of aliphatic hydroxyl groups is 1. The molecule has 0 saturated carbocycles. The molecule has 3 saturated heterocycles. The molecule has 0 amide bonds. The molecule has 3 aliphatic heterocycles. The summed E-state index contributed by atoms with van der Waals surface area (Å²) < 4.78 is 0.